The number of allylic oxidation sites excluding steroid dienone is 2. The maximum atomic E-state index is 12.4. The highest BCUT2D eigenvalue weighted by Gasteiger charge is 2.23. The number of rotatable bonds is 1. The number of fused-ring (bicyclic) bond motifs is 1. The third-order valence-corrected chi connectivity index (χ3v) is 4.48. The molecule has 0 bridgehead atoms. The van der Waals surface area contributed by atoms with Crippen molar-refractivity contribution in [3.8, 4) is 0 Å². The number of hydrogen-bond acceptors (Lipinski definition) is 2. The van der Waals surface area contributed by atoms with Crippen LogP contribution in [0.15, 0.2) is 64.6 Å². The molecule has 0 unspecified atom stereocenters. The molecule has 108 valence electrons. The van der Waals surface area contributed by atoms with E-state index in [9.17, 15) is 9.59 Å². The van der Waals surface area contributed by atoms with Crippen LogP contribution in [0, 0.1) is 3.57 Å². The van der Waals surface area contributed by atoms with E-state index in [0.29, 0.717) is 22.4 Å². The number of halogens is 2. The van der Waals surface area contributed by atoms with Gasteiger partial charge in [0.05, 0.1) is 16.3 Å². The van der Waals surface area contributed by atoms with Crippen LogP contribution >= 0.6 is 34.2 Å². The van der Waals surface area contributed by atoms with Crippen LogP contribution in [0.25, 0.3) is 0 Å². The maximum Gasteiger partial charge on any atom is 0.278 e. The number of hydrogen-bond donors (Lipinski definition) is 0. The van der Waals surface area contributed by atoms with Crippen LogP contribution in [0.4, 0.5) is 0 Å². The molecule has 0 saturated carbocycles. The molecule has 0 heterocycles. The molecule has 0 radical (unpaired) electrons. The van der Waals surface area contributed by atoms with Crippen LogP contribution in [0.3, 0.4) is 0 Å². The number of Topliss-reactive ketones (excluding diaryl/α,β-unsaturated/α-hetero) is 1. The molecule has 0 saturated heterocycles. The standard InChI is InChI=1S/C17H9ClINO2/c18-13-9-15(10-5-1-2-6-11(10)16(13)21)20-17(22)12-7-3-4-8-14(12)19/h1-9H. The van der Waals surface area contributed by atoms with E-state index in [0.717, 1.165) is 3.57 Å². The fraction of sp³-hybridized carbons (Fsp3) is 0. The van der Waals surface area contributed by atoms with Gasteiger partial charge in [0, 0.05) is 14.7 Å². The van der Waals surface area contributed by atoms with Gasteiger partial charge in [-0.25, -0.2) is 4.99 Å². The molecule has 0 spiro atoms. The Balaban J connectivity index is 2.10. The number of benzene rings is 2. The second-order valence-corrected chi connectivity index (χ2v) is 6.22. The summed E-state index contributed by atoms with van der Waals surface area (Å²) in [6.07, 6.45) is 1.44. The Hall–Kier alpha value is -1.79. The molecule has 0 fully saturated rings. The van der Waals surface area contributed by atoms with Gasteiger partial charge in [-0.15, -0.1) is 0 Å². The third-order valence-electron chi connectivity index (χ3n) is 3.25. The number of amides is 1. The van der Waals surface area contributed by atoms with Gasteiger partial charge in [0.25, 0.3) is 5.91 Å². The molecule has 3 nitrogen and oxygen atoms in total. The molecular formula is C17H9ClINO2. The van der Waals surface area contributed by atoms with E-state index in [-0.39, 0.29) is 16.7 Å². The summed E-state index contributed by atoms with van der Waals surface area (Å²) in [6, 6.07) is 14.2. The number of aliphatic imine (C=N–C) groups is 1. The molecule has 22 heavy (non-hydrogen) atoms. The third kappa shape index (κ3) is 2.76. The molecule has 0 aromatic heterocycles. The van der Waals surface area contributed by atoms with E-state index in [1.165, 1.54) is 6.08 Å². The first-order chi connectivity index (χ1) is 10.6. The number of ketones is 1. The maximum absolute atomic E-state index is 12.4. The zero-order chi connectivity index (χ0) is 15.7. The highest BCUT2D eigenvalue weighted by molar-refractivity contribution is 14.1. The van der Waals surface area contributed by atoms with E-state index in [4.69, 9.17) is 11.6 Å². The molecule has 0 N–H and O–H groups in total. The fourth-order valence-corrected chi connectivity index (χ4v) is 3.02. The van der Waals surface area contributed by atoms with Gasteiger partial charge >= 0.3 is 0 Å². The van der Waals surface area contributed by atoms with Gasteiger partial charge in [-0.3, -0.25) is 9.59 Å². The Morgan fingerprint density at radius 1 is 1.00 bits per heavy atom. The molecule has 0 atom stereocenters. The summed E-state index contributed by atoms with van der Waals surface area (Å²) in [4.78, 5) is 28.6. The van der Waals surface area contributed by atoms with Crippen molar-refractivity contribution in [2.24, 2.45) is 4.99 Å². The highest BCUT2D eigenvalue weighted by atomic mass is 127. The van der Waals surface area contributed by atoms with Crippen molar-refractivity contribution < 1.29 is 9.59 Å². The number of carbonyl (C=O) groups is 2. The van der Waals surface area contributed by atoms with Crippen molar-refractivity contribution in [1.29, 1.82) is 0 Å². The Morgan fingerprint density at radius 3 is 2.36 bits per heavy atom. The Kier molecular flexibility index (Phi) is 4.22. The van der Waals surface area contributed by atoms with E-state index < -0.39 is 0 Å². The van der Waals surface area contributed by atoms with E-state index in [1.54, 1.807) is 36.4 Å². The minimum Gasteiger partial charge on any atom is -0.288 e. The minimum atomic E-state index is -0.357. The summed E-state index contributed by atoms with van der Waals surface area (Å²) < 4.78 is 0.824. The lowest BCUT2D eigenvalue weighted by Crippen LogP contribution is -2.16. The van der Waals surface area contributed by atoms with E-state index in [1.807, 2.05) is 12.1 Å². The first kappa shape index (κ1) is 15.1. The topological polar surface area (TPSA) is 46.5 Å². The van der Waals surface area contributed by atoms with Gasteiger partial charge in [-0.2, -0.15) is 0 Å². The van der Waals surface area contributed by atoms with Crippen LogP contribution in [0.1, 0.15) is 26.3 Å². The van der Waals surface area contributed by atoms with Crippen molar-refractivity contribution in [2.45, 2.75) is 0 Å². The quantitative estimate of drug-likeness (QED) is 0.647. The number of carbonyl (C=O) groups excluding carboxylic acids is 2. The van der Waals surface area contributed by atoms with Gasteiger partial charge in [0.15, 0.2) is 0 Å². The van der Waals surface area contributed by atoms with Gasteiger partial charge in [0.2, 0.25) is 5.78 Å². The lowest BCUT2D eigenvalue weighted by molar-refractivity contribution is 0.0999. The molecule has 0 aliphatic heterocycles. The Morgan fingerprint density at radius 2 is 1.64 bits per heavy atom. The summed E-state index contributed by atoms with van der Waals surface area (Å²) in [6.45, 7) is 0. The van der Waals surface area contributed by atoms with Crippen molar-refractivity contribution in [3.63, 3.8) is 0 Å². The molecule has 1 aliphatic rings. The largest absolute Gasteiger partial charge is 0.288 e. The second kappa shape index (κ2) is 6.14. The fourth-order valence-electron chi connectivity index (χ4n) is 2.19. The van der Waals surface area contributed by atoms with Gasteiger partial charge in [-0.1, -0.05) is 48.0 Å². The van der Waals surface area contributed by atoms with Crippen molar-refractivity contribution in [2.75, 3.05) is 0 Å². The molecule has 1 amide bonds. The second-order valence-electron chi connectivity index (χ2n) is 4.65. The molecule has 5 heteroatoms. The average molecular weight is 422 g/mol. The van der Waals surface area contributed by atoms with Crippen LogP contribution in [-0.2, 0) is 0 Å². The van der Waals surface area contributed by atoms with Gasteiger partial charge < -0.3 is 0 Å². The smallest absolute Gasteiger partial charge is 0.278 e. The Labute approximate surface area is 145 Å². The zero-order valence-corrected chi connectivity index (χ0v) is 14.1. The van der Waals surface area contributed by atoms with E-state index >= 15 is 0 Å². The van der Waals surface area contributed by atoms with Gasteiger partial charge in [-0.05, 0) is 40.8 Å². The summed E-state index contributed by atoms with van der Waals surface area (Å²) in [5.41, 5.74) is 2.01. The van der Waals surface area contributed by atoms with Crippen molar-refractivity contribution >= 4 is 51.6 Å². The summed E-state index contributed by atoms with van der Waals surface area (Å²) in [5, 5.41) is 0.0630. The first-order valence-electron chi connectivity index (χ1n) is 6.47. The summed E-state index contributed by atoms with van der Waals surface area (Å²) in [7, 11) is 0. The van der Waals surface area contributed by atoms with Crippen LogP contribution < -0.4 is 0 Å². The monoisotopic (exact) mass is 421 g/mol. The van der Waals surface area contributed by atoms with E-state index in [2.05, 4.69) is 27.6 Å². The molecule has 2 aromatic rings. The molecular weight excluding hydrogens is 413 g/mol. The molecule has 3 rings (SSSR count). The lowest BCUT2D eigenvalue weighted by atomic mass is 9.94. The van der Waals surface area contributed by atoms with Gasteiger partial charge in [0.1, 0.15) is 0 Å². The SMILES string of the molecule is O=C(N=C1C=C(Cl)C(=O)c2ccccc21)c1ccccc1I. The van der Waals surface area contributed by atoms with Crippen molar-refractivity contribution in [1.82, 2.24) is 0 Å². The predicted molar refractivity (Wildman–Crippen MR) is 94.7 cm³/mol. The average Bonchev–Trinajstić information content (AvgIpc) is 2.52. The number of nitrogens with zero attached hydrogens (tertiary/aromatic N) is 1. The summed E-state index contributed by atoms with van der Waals surface area (Å²) >= 11 is 8.06. The van der Waals surface area contributed by atoms with Crippen LogP contribution in [-0.4, -0.2) is 17.4 Å². The zero-order valence-electron chi connectivity index (χ0n) is 11.2. The van der Waals surface area contributed by atoms with Crippen molar-refractivity contribution in [3.05, 3.63) is 79.9 Å². The van der Waals surface area contributed by atoms with Crippen LogP contribution in [0.5, 0.6) is 0 Å². The predicted octanol–water partition coefficient (Wildman–Crippen LogP) is 4.24. The highest BCUT2D eigenvalue weighted by Crippen LogP contribution is 2.24. The molecule has 2 aromatic carbocycles. The summed E-state index contributed by atoms with van der Waals surface area (Å²) in [5.74, 6) is -0.608. The Bertz CT molecular complexity index is 855. The lowest BCUT2D eigenvalue weighted by Gasteiger charge is -2.13. The minimum absolute atomic E-state index is 0.0630. The first-order valence-corrected chi connectivity index (χ1v) is 7.92. The normalized spacial score (nSPS) is 15.5. The van der Waals surface area contributed by atoms with Crippen LogP contribution in [0.2, 0.25) is 0 Å². The molecule has 1 aliphatic carbocycles.